The van der Waals surface area contributed by atoms with Gasteiger partial charge in [-0.3, -0.25) is 14.3 Å². The highest BCUT2D eigenvalue weighted by atomic mass is 35.5. The Morgan fingerprint density at radius 1 is 1.00 bits per heavy atom. The van der Waals surface area contributed by atoms with E-state index in [0.29, 0.717) is 35.8 Å². The van der Waals surface area contributed by atoms with Crippen LogP contribution in [-0.2, 0) is 22.2 Å². The fraction of sp³-hybridized carbons (Fsp3) is 0.632. The molecule has 2 bridgehead atoms. The standard InChI is InChI=1S/C37H50ClN3O4S.CH4S/c1-5-7-25-18-29(38)12-14-30(25)28-21-41-20-27-10-13-31(27)32(33-16-17-40(4)37(33)43)9-6-8-23(2)24(3)46(44)39-36(42)26-11-15-35(45-22-28)34(41)19-26;1-2/h11-12,14-15,18-19,23-24,27-28,31-33H,5-10,13,16-17,20-22H2,1-4H3,(H,39,42);2H,1H3. The Labute approximate surface area is 300 Å². The Kier molecular flexibility index (Phi) is 12.8. The van der Waals surface area contributed by atoms with Crippen LogP contribution in [0.3, 0.4) is 0 Å². The summed E-state index contributed by atoms with van der Waals surface area (Å²) in [6.45, 7) is 9.28. The van der Waals surface area contributed by atoms with Gasteiger partial charge in [-0.15, -0.1) is 0 Å². The monoisotopic (exact) mass is 715 g/mol. The van der Waals surface area contributed by atoms with Crippen LogP contribution >= 0.6 is 24.2 Å². The summed E-state index contributed by atoms with van der Waals surface area (Å²) in [5.41, 5.74) is 3.94. The van der Waals surface area contributed by atoms with Crippen molar-refractivity contribution < 1.29 is 18.5 Å². The second kappa shape index (κ2) is 16.7. The second-order valence-electron chi connectivity index (χ2n) is 14.4. The van der Waals surface area contributed by atoms with Gasteiger partial charge in [-0.2, -0.15) is 12.6 Å². The molecule has 1 saturated heterocycles. The maximum Gasteiger partial charge on any atom is 0.263 e. The van der Waals surface area contributed by atoms with Gasteiger partial charge in [-0.05, 0) is 117 Å². The molecule has 8 unspecified atom stereocenters. The lowest BCUT2D eigenvalue weighted by atomic mass is 9.61. The fourth-order valence-corrected chi connectivity index (χ4v) is 9.69. The van der Waals surface area contributed by atoms with Gasteiger partial charge in [0.05, 0.1) is 17.5 Å². The SMILES string of the molecule is CCCc1cc(Cl)ccc1C1COc2ccc3cc2N(C1)CC1CCC1C(C1CCN(C)C1=O)CCCC(C)C(C)S(=O)NC3=O.CS. The molecular weight excluding hydrogens is 662 g/mol. The number of nitrogens with one attached hydrogen (secondary N) is 1. The number of anilines is 1. The van der Waals surface area contributed by atoms with E-state index in [-0.39, 0.29) is 28.9 Å². The van der Waals surface area contributed by atoms with E-state index in [1.165, 1.54) is 11.1 Å². The zero-order valence-electron chi connectivity index (χ0n) is 29.3. The summed E-state index contributed by atoms with van der Waals surface area (Å²) in [6.07, 6.45) is 9.85. The van der Waals surface area contributed by atoms with Crippen molar-refractivity contribution >= 4 is 52.7 Å². The normalized spacial score (nSPS) is 31.0. The predicted octanol–water partition coefficient (Wildman–Crippen LogP) is 7.54. The van der Waals surface area contributed by atoms with Crippen molar-refractivity contribution in [1.29, 1.82) is 0 Å². The van der Waals surface area contributed by atoms with Gasteiger partial charge in [0.15, 0.2) is 0 Å². The van der Waals surface area contributed by atoms with Gasteiger partial charge >= 0.3 is 0 Å². The number of carbonyl (C=O) groups excluding carboxylic acids is 2. The third-order valence-electron chi connectivity index (χ3n) is 11.5. The Bertz CT molecular complexity index is 1470. The molecule has 1 saturated carbocycles. The lowest BCUT2D eigenvalue weighted by Gasteiger charge is -2.46. The average Bonchev–Trinajstić information content (AvgIpc) is 3.29. The molecule has 4 aliphatic rings. The van der Waals surface area contributed by atoms with Crippen molar-refractivity contribution in [2.24, 2.45) is 29.6 Å². The summed E-state index contributed by atoms with van der Waals surface area (Å²) >= 11 is 9.98. The third-order valence-corrected chi connectivity index (χ3v) is 13.3. The van der Waals surface area contributed by atoms with Crippen LogP contribution in [0.5, 0.6) is 5.75 Å². The van der Waals surface area contributed by atoms with Crippen LogP contribution in [0.15, 0.2) is 36.4 Å². The molecule has 0 radical (unpaired) electrons. The number of rotatable bonds is 4. The molecule has 2 amide bonds. The maximum absolute atomic E-state index is 13.4. The van der Waals surface area contributed by atoms with Crippen LogP contribution in [-0.4, -0.2) is 65.7 Å². The molecular formula is C38H54ClN3O4S2. The molecule has 8 atom stereocenters. The van der Waals surface area contributed by atoms with Gasteiger partial charge in [-0.1, -0.05) is 44.4 Å². The number of nitrogens with zero attached hydrogens (tertiary/aromatic N) is 2. The Morgan fingerprint density at radius 2 is 1.79 bits per heavy atom. The molecule has 2 aromatic rings. The first-order valence-corrected chi connectivity index (χ1v) is 20.3. The van der Waals surface area contributed by atoms with E-state index >= 15 is 0 Å². The number of fused-ring (bicyclic) bond motifs is 2. The second-order valence-corrected chi connectivity index (χ2v) is 16.3. The molecule has 0 spiro atoms. The zero-order valence-corrected chi connectivity index (χ0v) is 31.7. The van der Waals surface area contributed by atoms with Gasteiger partial charge in [0, 0.05) is 49.1 Å². The quantitative estimate of drug-likeness (QED) is 0.320. The number of amides is 2. The summed E-state index contributed by atoms with van der Waals surface area (Å²) in [7, 11) is 0.435. The zero-order chi connectivity index (χ0) is 34.5. The summed E-state index contributed by atoms with van der Waals surface area (Å²) in [6, 6.07) is 11.9. The first kappa shape index (κ1) is 37.0. The number of likely N-dealkylation sites (tertiary alicyclic amines) is 1. The van der Waals surface area contributed by atoms with Crippen molar-refractivity contribution in [3.63, 3.8) is 0 Å². The number of hydrogen-bond acceptors (Lipinski definition) is 6. The van der Waals surface area contributed by atoms with E-state index in [1.54, 1.807) is 12.3 Å². The number of ether oxygens (including phenoxy) is 1. The number of hydrogen-bond donors (Lipinski definition) is 2. The maximum atomic E-state index is 13.4. The van der Waals surface area contributed by atoms with Crippen LogP contribution in [0, 0.1) is 29.6 Å². The van der Waals surface area contributed by atoms with Gasteiger partial charge in [-0.25, -0.2) is 4.21 Å². The number of benzene rings is 2. The molecule has 2 fully saturated rings. The molecule has 1 N–H and O–H groups in total. The van der Waals surface area contributed by atoms with Crippen molar-refractivity contribution in [2.45, 2.75) is 83.3 Å². The van der Waals surface area contributed by atoms with Crippen molar-refractivity contribution in [1.82, 2.24) is 9.62 Å². The molecule has 6 rings (SSSR count). The first-order valence-electron chi connectivity index (χ1n) is 17.9. The van der Waals surface area contributed by atoms with E-state index < -0.39 is 11.0 Å². The largest absolute Gasteiger partial charge is 0.491 e. The van der Waals surface area contributed by atoms with Crippen LogP contribution in [0.1, 0.15) is 93.1 Å². The van der Waals surface area contributed by atoms with Crippen molar-refractivity contribution in [3.8, 4) is 5.75 Å². The molecule has 10 heteroatoms. The number of carbonyl (C=O) groups is 2. The smallest absolute Gasteiger partial charge is 0.263 e. The first-order chi connectivity index (χ1) is 23.1. The minimum atomic E-state index is -1.51. The Morgan fingerprint density at radius 3 is 2.48 bits per heavy atom. The average molecular weight is 716 g/mol. The summed E-state index contributed by atoms with van der Waals surface area (Å²) in [4.78, 5) is 31.2. The van der Waals surface area contributed by atoms with Gasteiger partial charge < -0.3 is 14.5 Å². The van der Waals surface area contributed by atoms with Crippen LogP contribution in [0.25, 0.3) is 0 Å². The van der Waals surface area contributed by atoms with E-state index in [4.69, 9.17) is 16.3 Å². The molecule has 3 heterocycles. The van der Waals surface area contributed by atoms with Crippen molar-refractivity contribution in [3.05, 3.63) is 58.1 Å². The molecule has 1 aliphatic carbocycles. The number of aryl methyl sites for hydroxylation is 1. The molecule has 48 heavy (non-hydrogen) atoms. The van der Waals surface area contributed by atoms with Gasteiger partial charge in [0.1, 0.15) is 16.7 Å². The van der Waals surface area contributed by atoms with Gasteiger partial charge in [0.2, 0.25) is 5.91 Å². The van der Waals surface area contributed by atoms with Gasteiger partial charge in [0.25, 0.3) is 5.91 Å². The minimum absolute atomic E-state index is 0.0857. The topological polar surface area (TPSA) is 79.0 Å². The van der Waals surface area contributed by atoms with E-state index in [0.717, 1.165) is 87.5 Å². The lowest BCUT2D eigenvalue weighted by Crippen LogP contribution is -2.45. The predicted molar refractivity (Wildman–Crippen MR) is 201 cm³/mol. The third kappa shape index (κ3) is 8.04. The fourth-order valence-electron chi connectivity index (χ4n) is 8.45. The highest BCUT2D eigenvalue weighted by Crippen LogP contribution is 2.49. The lowest BCUT2D eigenvalue weighted by molar-refractivity contribution is -0.133. The van der Waals surface area contributed by atoms with Crippen LogP contribution < -0.4 is 14.4 Å². The number of thiol groups is 1. The molecule has 0 aromatic heterocycles. The van der Waals surface area contributed by atoms with Crippen molar-refractivity contribution in [2.75, 3.05) is 44.4 Å². The molecule has 7 nitrogen and oxygen atoms in total. The summed E-state index contributed by atoms with van der Waals surface area (Å²) < 4.78 is 22.7. The molecule has 3 aliphatic heterocycles. The Hall–Kier alpha value is -2.23. The molecule has 2 aromatic carbocycles. The Balaban J connectivity index is 0.00000221. The highest BCUT2D eigenvalue weighted by Gasteiger charge is 2.46. The van der Waals surface area contributed by atoms with E-state index in [2.05, 4.69) is 48.2 Å². The van der Waals surface area contributed by atoms with E-state index in [9.17, 15) is 13.8 Å². The highest BCUT2D eigenvalue weighted by molar-refractivity contribution is 7.84. The summed E-state index contributed by atoms with van der Waals surface area (Å²) in [5, 5.41) is 0.575. The van der Waals surface area contributed by atoms with Crippen LogP contribution in [0.2, 0.25) is 5.02 Å². The van der Waals surface area contributed by atoms with E-state index in [1.807, 2.05) is 37.1 Å². The van der Waals surface area contributed by atoms with Crippen LogP contribution in [0.4, 0.5) is 5.69 Å². The summed E-state index contributed by atoms with van der Waals surface area (Å²) in [5.74, 6) is 2.46. The minimum Gasteiger partial charge on any atom is -0.491 e. The molecule has 264 valence electrons. The number of halogens is 1.